The average molecular weight is 499 g/mol. The summed E-state index contributed by atoms with van der Waals surface area (Å²) in [5.41, 5.74) is -0.971. The van der Waals surface area contributed by atoms with Gasteiger partial charge in [-0.25, -0.2) is 8.42 Å². The smallest absolute Gasteiger partial charge is 0.244 e. The number of nitrogens with zero attached hydrogens (tertiary/aromatic N) is 3. The van der Waals surface area contributed by atoms with Gasteiger partial charge in [-0.3, -0.25) is 14.6 Å². The zero-order valence-electron chi connectivity index (χ0n) is 18.3. The van der Waals surface area contributed by atoms with Crippen molar-refractivity contribution in [3.63, 3.8) is 0 Å². The van der Waals surface area contributed by atoms with Crippen LogP contribution in [0, 0.1) is 11.3 Å². The second kappa shape index (κ2) is 8.07. The molecule has 1 aromatic heterocycles. The number of aromatic nitrogens is 1. The predicted octanol–water partition coefficient (Wildman–Crippen LogP) is 2.38. The summed E-state index contributed by atoms with van der Waals surface area (Å²) in [6.07, 6.45) is 5.49. The first-order valence-corrected chi connectivity index (χ1v) is 13.1. The molecule has 2 amide bonds. The molecule has 2 heterocycles. The van der Waals surface area contributed by atoms with Crippen molar-refractivity contribution in [2.45, 2.75) is 59.2 Å². The van der Waals surface area contributed by atoms with Crippen LogP contribution in [-0.4, -0.2) is 53.5 Å². The van der Waals surface area contributed by atoms with Gasteiger partial charge < -0.3 is 10.2 Å². The number of hydrogen-bond donors (Lipinski definition) is 1. The van der Waals surface area contributed by atoms with Crippen LogP contribution in [0.4, 0.5) is 0 Å². The third kappa shape index (κ3) is 3.75. The number of nitrogens with one attached hydrogen (secondary N) is 1. The molecule has 176 valence electrons. The van der Waals surface area contributed by atoms with Crippen LogP contribution in [0.3, 0.4) is 0 Å². The summed E-state index contributed by atoms with van der Waals surface area (Å²) in [7, 11) is -3.91. The standard InChI is InChI=1S/C24H23ClN4O4S/c25-18-5-1-2-6-20(18)34(32,33)17-12-19(21(30)28-23(15-26)7-8-23)29(14-17)22(31)24(9-10-24)16-4-3-11-27-13-16/h1-6,11,13,17,19H,7-10,12,14H2,(H,28,30)/t17-,19+/m1/s1. The van der Waals surface area contributed by atoms with E-state index in [-0.39, 0.29) is 28.8 Å². The number of nitriles is 1. The molecule has 1 aliphatic heterocycles. The van der Waals surface area contributed by atoms with E-state index in [1.54, 1.807) is 30.6 Å². The quantitative estimate of drug-likeness (QED) is 0.652. The van der Waals surface area contributed by atoms with Crippen LogP contribution in [-0.2, 0) is 24.8 Å². The Morgan fingerprint density at radius 2 is 1.88 bits per heavy atom. The second-order valence-corrected chi connectivity index (χ2v) is 11.9. The number of halogens is 1. The van der Waals surface area contributed by atoms with Gasteiger partial charge in [-0.15, -0.1) is 0 Å². The maximum atomic E-state index is 13.8. The van der Waals surface area contributed by atoms with Gasteiger partial charge in [-0.1, -0.05) is 29.8 Å². The van der Waals surface area contributed by atoms with Crippen molar-refractivity contribution in [3.8, 4) is 6.07 Å². The molecule has 8 nitrogen and oxygen atoms in total. The molecule has 3 aliphatic rings. The van der Waals surface area contributed by atoms with Gasteiger partial charge in [0.1, 0.15) is 11.6 Å². The van der Waals surface area contributed by atoms with Crippen LogP contribution in [0.5, 0.6) is 0 Å². The molecular weight excluding hydrogens is 476 g/mol. The number of benzene rings is 1. The largest absolute Gasteiger partial charge is 0.336 e. The van der Waals surface area contributed by atoms with Crippen LogP contribution in [0.15, 0.2) is 53.7 Å². The van der Waals surface area contributed by atoms with Gasteiger partial charge in [0.25, 0.3) is 0 Å². The van der Waals surface area contributed by atoms with Crippen LogP contribution < -0.4 is 5.32 Å². The summed E-state index contributed by atoms with van der Waals surface area (Å²) in [5, 5.41) is 11.3. The summed E-state index contributed by atoms with van der Waals surface area (Å²) in [6.45, 7) is -0.119. The van der Waals surface area contributed by atoms with Crippen LogP contribution in [0.1, 0.15) is 37.7 Å². The highest BCUT2D eigenvalue weighted by atomic mass is 35.5. The fourth-order valence-corrected chi connectivity index (χ4v) is 6.95. The molecule has 1 aromatic carbocycles. The van der Waals surface area contributed by atoms with Gasteiger partial charge in [0.05, 0.1) is 26.7 Å². The Morgan fingerprint density at radius 3 is 2.47 bits per heavy atom. The molecule has 34 heavy (non-hydrogen) atoms. The molecule has 0 radical (unpaired) electrons. The van der Waals surface area contributed by atoms with E-state index in [0.717, 1.165) is 5.56 Å². The third-order valence-electron chi connectivity index (χ3n) is 7.11. The average Bonchev–Trinajstić information content (AvgIpc) is 3.76. The SMILES string of the molecule is N#CC1(NC(=O)[C@@H]2C[C@@H](S(=O)(=O)c3ccccc3Cl)CN2C(=O)C2(c3cccnc3)CC2)CC1. The topological polar surface area (TPSA) is 120 Å². The maximum absolute atomic E-state index is 13.8. The van der Waals surface area contributed by atoms with Crippen molar-refractivity contribution in [1.29, 1.82) is 5.26 Å². The third-order valence-corrected chi connectivity index (χ3v) is 9.74. The highest BCUT2D eigenvalue weighted by Crippen LogP contribution is 2.50. The molecule has 2 aromatic rings. The first-order valence-electron chi connectivity index (χ1n) is 11.2. The van der Waals surface area contributed by atoms with Gasteiger partial charge in [-0.05, 0) is 55.9 Å². The number of sulfone groups is 1. The van der Waals surface area contributed by atoms with E-state index in [4.69, 9.17) is 11.6 Å². The number of rotatable bonds is 6. The first kappa shape index (κ1) is 22.8. The number of likely N-dealkylation sites (tertiary alicyclic amines) is 1. The number of pyridine rings is 1. The van der Waals surface area contributed by atoms with Gasteiger partial charge >= 0.3 is 0 Å². The molecule has 0 spiro atoms. The highest BCUT2D eigenvalue weighted by molar-refractivity contribution is 7.92. The van der Waals surface area contributed by atoms with E-state index < -0.39 is 38.0 Å². The molecule has 0 bridgehead atoms. The van der Waals surface area contributed by atoms with E-state index in [1.165, 1.54) is 17.0 Å². The minimum atomic E-state index is -3.91. The number of carbonyl (C=O) groups excluding carboxylic acids is 2. The minimum absolute atomic E-state index is 0.0146. The Hall–Kier alpha value is -2.96. The lowest BCUT2D eigenvalue weighted by atomic mass is 9.95. The molecule has 10 heteroatoms. The van der Waals surface area contributed by atoms with E-state index in [0.29, 0.717) is 25.7 Å². The number of amides is 2. The lowest BCUT2D eigenvalue weighted by molar-refractivity contribution is -0.140. The lowest BCUT2D eigenvalue weighted by Crippen LogP contribution is -2.51. The van der Waals surface area contributed by atoms with E-state index in [9.17, 15) is 23.3 Å². The van der Waals surface area contributed by atoms with Crippen LogP contribution in [0.25, 0.3) is 0 Å². The van der Waals surface area contributed by atoms with Crippen molar-refractivity contribution in [2.24, 2.45) is 0 Å². The fraction of sp³-hybridized carbons (Fsp3) is 0.417. The lowest BCUT2D eigenvalue weighted by Gasteiger charge is -2.29. The molecular formula is C24H23ClN4O4S. The monoisotopic (exact) mass is 498 g/mol. The van der Waals surface area contributed by atoms with Crippen molar-refractivity contribution in [1.82, 2.24) is 15.2 Å². The predicted molar refractivity (Wildman–Crippen MR) is 123 cm³/mol. The minimum Gasteiger partial charge on any atom is -0.336 e. The summed E-state index contributed by atoms with van der Waals surface area (Å²) >= 11 is 6.18. The van der Waals surface area contributed by atoms with Crippen molar-refractivity contribution in [2.75, 3.05) is 6.54 Å². The summed E-state index contributed by atoms with van der Waals surface area (Å²) in [6, 6.07) is 10.9. The van der Waals surface area contributed by atoms with Crippen molar-refractivity contribution in [3.05, 3.63) is 59.4 Å². The normalized spacial score (nSPS) is 24.2. The van der Waals surface area contributed by atoms with Gasteiger partial charge in [0.2, 0.25) is 11.8 Å². The summed E-state index contributed by atoms with van der Waals surface area (Å²) in [4.78, 5) is 32.6. The molecule has 2 atom stereocenters. The number of hydrogen-bond acceptors (Lipinski definition) is 6. The Kier molecular flexibility index (Phi) is 5.41. The Balaban J connectivity index is 1.48. The molecule has 1 saturated heterocycles. The van der Waals surface area contributed by atoms with Crippen LogP contribution >= 0.6 is 11.6 Å². The maximum Gasteiger partial charge on any atom is 0.244 e. The van der Waals surface area contributed by atoms with Crippen LogP contribution in [0.2, 0.25) is 5.02 Å². The van der Waals surface area contributed by atoms with Crippen molar-refractivity contribution < 1.29 is 18.0 Å². The van der Waals surface area contributed by atoms with Gasteiger partial charge in [0, 0.05) is 18.9 Å². The molecule has 0 unspecified atom stereocenters. The van der Waals surface area contributed by atoms with Gasteiger partial charge in [0.15, 0.2) is 9.84 Å². The Bertz CT molecular complexity index is 1300. The fourth-order valence-electron chi connectivity index (χ4n) is 4.73. The summed E-state index contributed by atoms with van der Waals surface area (Å²) in [5.74, 6) is -0.773. The molecule has 2 aliphatic carbocycles. The molecule has 3 fully saturated rings. The Labute approximate surface area is 202 Å². The molecule has 5 rings (SSSR count). The van der Waals surface area contributed by atoms with E-state index in [2.05, 4.69) is 16.4 Å². The first-order chi connectivity index (χ1) is 16.2. The zero-order valence-corrected chi connectivity index (χ0v) is 19.8. The van der Waals surface area contributed by atoms with E-state index in [1.807, 2.05) is 6.07 Å². The highest BCUT2D eigenvalue weighted by Gasteiger charge is 2.58. The Morgan fingerprint density at radius 1 is 1.15 bits per heavy atom. The van der Waals surface area contributed by atoms with Crippen molar-refractivity contribution >= 4 is 33.3 Å². The van der Waals surface area contributed by atoms with E-state index >= 15 is 0 Å². The molecule has 1 N–H and O–H groups in total. The number of carbonyl (C=O) groups is 2. The molecule has 2 saturated carbocycles. The second-order valence-electron chi connectivity index (χ2n) is 9.31. The van der Waals surface area contributed by atoms with Gasteiger partial charge in [-0.2, -0.15) is 5.26 Å². The summed E-state index contributed by atoms with van der Waals surface area (Å²) < 4.78 is 26.9. The zero-order chi connectivity index (χ0) is 24.1.